The normalized spacial score (nSPS) is 17.7. The highest BCUT2D eigenvalue weighted by atomic mass is 16.5. The fraction of sp³-hybridized carbons (Fsp3) is 0.533. The molecule has 2 heterocycles. The van der Waals surface area contributed by atoms with Crippen LogP contribution in [0.2, 0.25) is 0 Å². The third kappa shape index (κ3) is 4.34. The Morgan fingerprint density at radius 2 is 2.32 bits per heavy atom. The van der Waals surface area contributed by atoms with Crippen molar-refractivity contribution in [2.24, 2.45) is 0 Å². The predicted octanol–water partition coefficient (Wildman–Crippen LogP) is 0.900. The number of amides is 3. The van der Waals surface area contributed by atoms with E-state index in [0.717, 1.165) is 18.4 Å². The smallest absolute Gasteiger partial charge is 0.317 e. The first-order valence-corrected chi connectivity index (χ1v) is 7.38. The summed E-state index contributed by atoms with van der Waals surface area (Å²) in [5.74, 6) is 0.449. The maximum absolute atomic E-state index is 12.2. The zero-order valence-corrected chi connectivity index (χ0v) is 13.0. The van der Waals surface area contributed by atoms with Crippen LogP contribution in [0.25, 0.3) is 0 Å². The minimum atomic E-state index is -0.138. The summed E-state index contributed by atoms with van der Waals surface area (Å²) in [4.78, 5) is 29.2. The van der Waals surface area contributed by atoms with Gasteiger partial charge in [0.1, 0.15) is 0 Å². The lowest BCUT2D eigenvalue weighted by Gasteiger charge is -2.33. The van der Waals surface area contributed by atoms with Crippen LogP contribution in [0.3, 0.4) is 0 Å². The second-order valence-electron chi connectivity index (χ2n) is 5.32. The number of likely N-dealkylation sites (tertiary alicyclic amines) is 1. The summed E-state index contributed by atoms with van der Waals surface area (Å²) in [5, 5.41) is 5.74. The van der Waals surface area contributed by atoms with Crippen molar-refractivity contribution in [2.75, 3.05) is 20.2 Å². The van der Waals surface area contributed by atoms with Gasteiger partial charge in [-0.05, 0) is 18.9 Å². The second kappa shape index (κ2) is 7.63. The quantitative estimate of drug-likeness (QED) is 0.866. The Bertz CT molecular complexity index is 535. The molecule has 1 aliphatic heterocycles. The number of urea groups is 1. The van der Waals surface area contributed by atoms with E-state index in [0.29, 0.717) is 25.5 Å². The first-order chi connectivity index (χ1) is 10.6. The van der Waals surface area contributed by atoms with Gasteiger partial charge in [-0.15, -0.1) is 0 Å². The van der Waals surface area contributed by atoms with Crippen LogP contribution in [0.15, 0.2) is 18.3 Å². The molecule has 0 aliphatic carbocycles. The van der Waals surface area contributed by atoms with E-state index in [2.05, 4.69) is 15.6 Å². The van der Waals surface area contributed by atoms with Crippen LogP contribution in [0, 0.1) is 0 Å². The fourth-order valence-corrected chi connectivity index (χ4v) is 2.59. The molecule has 3 amide bonds. The molecule has 0 radical (unpaired) electrons. The molecule has 1 saturated heterocycles. The third-order valence-electron chi connectivity index (χ3n) is 3.59. The van der Waals surface area contributed by atoms with Crippen molar-refractivity contribution < 1.29 is 14.3 Å². The van der Waals surface area contributed by atoms with E-state index < -0.39 is 0 Å². The lowest BCUT2D eigenvalue weighted by molar-refractivity contribution is -0.119. The molecule has 0 aromatic carbocycles. The number of aromatic nitrogens is 1. The molecule has 0 unspecified atom stereocenters. The number of carbonyl (C=O) groups is 2. The van der Waals surface area contributed by atoms with Crippen molar-refractivity contribution in [3.63, 3.8) is 0 Å². The Morgan fingerprint density at radius 3 is 3.05 bits per heavy atom. The summed E-state index contributed by atoms with van der Waals surface area (Å²) in [6.07, 6.45) is 3.43. The van der Waals surface area contributed by atoms with Gasteiger partial charge in [-0.2, -0.15) is 0 Å². The maximum Gasteiger partial charge on any atom is 0.317 e. The monoisotopic (exact) mass is 306 g/mol. The van der Waals surface area contributed by atoms with Crippen molar-refractivity contribution in [1.29, 1.82) is 0 Å². The van der Waals surface area contributed by atoms with Crippen molar-refractivity contribution in [3.8, 4) is 5.88 Å². The molecule has 1 aromatic heterocycles. The maximum atomic E-state index is 12.2. The average Bonchev–Trinajstić information content (AvgIpc) is 2.52. The first-order valence-electron chi connectivity index (χ1n) is 7.38. The number of nitrogens with one attached hydrogen (secondary N) is 2. The van der Waals surface area contributed by atoms with E-state index in [1.54, 1.807) is 24.3 Å². The average molecular weight is 306 g/mol. The minimum Gasteiger partial charge on any atom is -0.481 e. The molecule has 0 spiro atoms. The van der Waals surface area contributed by atoms with Gasteiger partial charge in [-0.25, -0.2) is 9.78 Å². The van der Waals surface area contributed by atoms with E-state index in [9.17, 15) is 9.59 Å². The fourth-order valence-electron chi connectivity index (χ4n) is 2.59. The summed E-state index contributed by atoms with van der Waals surface area (Å²) >= 11 is 0. The Hall–Kier alpha value is -2.31. The molecule has 0 bridgehead atoms. The molecule has 7 heteroatoms. The van der Waals surface area contributed by atoms with Gasteiger partial charge in [0.2, 0.25) is 11.8 Å². The second-order valence-corrected chi connectivity index (χ2v) is 5.32. The molecule has 2 rings (SSSR count). The van der Waals surface area contributed by atoms with Gasteiger partial charge < -0.3 is 20.3 Å². The van der Waals surface area contributed by atoms with Crippen LogP contribution < -0.4 is 15.4 Å². The van der Waals surface area contributed by atoms with Crippen LogP contribution in [0.1, 0.15) is 25.3 Å². The van der Waals surface area contributed by atoms with E-state index in [4.69, 9.17) is 4.74 Å². The number of hydrogen-bond acceptors (Lipinski definition) is 4. The number of piperidine rings is 1. The zero-order valence-electron chi connectivity index (χ0n) is 13.0. The minimum absolute atomic E-state index is 0.0323. The van der Waals surface area contributed by atoms with E-state index in [1.165, 1.54) is 6.92 Å². The summed E-state index contributed by atoms with van der Waals surface area (Å²) in [6.45, 7) is 3.09. The number of methoxy groups -OCH3 is 1. The molecular formula is C15H22N4O3. The van der Waals surface area contributed by atoms with Crippen molar-refractivity contribution in [3.05, 3.63) is 23.9 Å². The summed E-state index contributed by atoms with van der Waals surface area (Å²) in [5.41, 5.74) is 0.828. The molecule has 1 aromatic rings. The van der Waals surface area contributed by atoms with Crippen molar-refractivity contribution in [1.82, 2.24) is 20.5 Å². The highest BCUT2D eigenvalue weighted by Gasteiger charge is 2.24. The summed E-state index contributed by atoms with van der Waals surface area (Å²) in [6, 6.07) is 3.56. The lowest BCUT2D eigenvalue weighted by atomic mass is 10.1. The Labute approximate surface area is 130 Å². The summed E-state index contributed by atoms with van der Waals surface area (Å²) < 4.78 is 5.16. The summed E-state index contributed by atoms with van der Waals surface area (Å²) in [7, 11) is 1.55. The van der Waals surface area contributed by atoms with Crippen LogP contribution in [0.4, 0.5) is 4.79 Å². The molecule has 1 atom stereocenters. The number of pyridine rings is 1. The van der Waals surface area contributed by atoms with Crippen LogP contribution in [-0.4, -0.2) is 48.1 Å². The molecule has 1 aliphatic rings. The number of carbonyl (C=O) groups excluding carboxylic acids is 2. The lowest BCUT2D eigenvalue weighted by Crippen LogP contribution is -2.51. The van der Waals surface area contributed by atoms with Gasteiger partial charge in [-0.1, -0.05) is 6.07 Å². The third-order valence-corrected chi connectivity index (χ3v) is 3.59. The van der Waals surface area contributed by atoms with E-state index >= 15 is 0 Å². The Balaban J connectivity index is 1.87. The van der Waals surface area contributed by atoms with Gasteiger partial charge in [0.25, 0.3) is 0 Å². The molecule has 0 saturated carbocycles. The molecule has 2 N–H and O–H groups in total. The van der Waals surface area contributed by atoms with Crippen LogP contribution >= 0.6 is 0 Å². The number of ether oxygens (including phenoxy) is 1. The number of rotatable bonds is 4. The predicted molar refractivity (Wildman–Crippen MR) is 81.4 cm³/mol. The molecular weight excluding hydrogens is 284 g/mol. The van der Waals surface area contributed by atoms with Crippen LogP contribution in [-0.2, 0) is 11.3 Å². The van der Waals surface area contributed by atoms with Gasteiger partial charge >= 0.3 is 6.03 Å². The van der Waals surface area contributed by atoms with Crippen LogP contribution in [0.5, 0.6) is 5.88 Å². The SMILES string of the molecule is COc1ncccc1CNC(=O)N1CCC[C@@H](NC(C)=O)C1. The highest BCUT2D eigenvalue weighted by Crippen LogP contribution is 2.14. The van der Waals surface area contributed by atoms with Gasteiger partial charge in [0.15, 0.2) is 0 Å². The van der Waals surface area contributed by atoms with Crippen molar-refractivity contribution in [2.45, 2.75) is 32.4 Å². The Morgan fingerprint density at radius 1 is 1.50 bits per heavy atom. The topological polar surface area (TPSA) is 83.6 Å². The molecule has 7 nitrogen and oxygen atoms in total. The standard InChI is InChI=1S/C15H22N4O3/c1-11(20)18-13-6-4-8-19(10-13)15(21)17-9-12-5-3-7-16-14(12)22-2/h3,5,7,13H,4,6,8-10H2,1-2H3,(H,17,21)(H,18,20)/t13-/m1/s1. The van der Waals surface area contributed by atoms with E-state index in [1.807, 2.05) is 6.07 Å². The first kappa shape index (κ1) is 16.1. The highest BCUT2D eigenvalue weighted by molar-refractivity contribution is 5.75. The number of nitrogens with zero attached hydrogens (tertiary/aromatic N) is 2. The van der Waals surface area contributed by atoms with E-state index in [-0.39, 0.29) is 18.0 Å². The zero-order chi connectivity index (χ0) is 15.9. The van der Waals surface area contributed by atoms with Crippen molar-refractivity contribution >= 4 is 11.9 Å². The Kier molecular flexibility index (Phi) is 5.57. The largest absolute Gasteiger partial charge is 0.481 e. The van der Waals surface area contributed by atoms with Gasteiger partial charge in [0, 0.05) is 44.4 Å². The van der Waals surface area contributed by atoms with Gasteiger partial charge in [-0.3, -0.25) is 4.79 Å². The molecule has 1 fully saturated rings. The van der Waals surface area contributed by atoms with Gasteiger partial charge in [0.05, 0.1) is 7.11 Å². The number of hydrogen-bond donors (Lipinski definition) is 2. The molecule has 22 heavy (non-hydrogen) atoms. The molecule has 120 valence electrons.